The van der Waals surface area contributed by atoms with Crippen molar-refractivity contribution in [1.29, 1.82) is 0 Å². The van der Waals surface area contributed by atoms with Gasteiger partial charge in [-0.2, -0.15) is 0 Å². The van der Waals surface area contributed by atoms with E-state index in [1.54, 1.807) is 0 Å². The molecule has 1 fully saturated rings. The highest BCUT2D eigenvalue weighted by Gasteiger charge is 2.45. The second kappa shape index (κ2) is 6.29. The number of carbonyl (C=O) groups is 1. The maximum atomic E-state index is 11.9. The molecule has 2 rings (SSSR count). The van der Waals surface area contributed by atoms with Crippen molar-refractivity contribution in [3.8, 4) is 0 Å². The van der Waals surface area contributed by atoms with Crippen LogP contribution in [0.15, 0.2) is 33.6 Å². The number of likely N-dealkylation sites (N-methyl/N-ethyl adjacent to an activating group) is 1. The second-order valence-electron chi connectivity index (χ2n) is 4.76. The molecule has 0 heterocycles. The average Bonchev–Trinajstić information content (AvgIpc) is 2.85. The third-order valence-corrected chi connectivity index (χ3v) is 5.45. The van der Waals surface area contributed by atoms with Gasteiger partial charge < -0.3 is 10.1 Å². The maximum absolute atomic E-state index is 11.9. The van der Waals surface area contributed by atoms with Gasteiger partial charge in [-0.3, -0.25) is 4.79 Å². The lowest BCUT2D eigenvalue weighted by Gasteiger charge is -2.25. The van der Waals surface area contributed by atoms with Crippen molar-refractivity contribution < 1.29 is 9.53 Å². The molecule has 0 amide bonds. The fraction of sp³-hybridized carbons (Fsp3) is 0.500. The minimum Gasteiger partial charge on any atom is -0.468 e. The van der Waals surface area contributed by atoms with Gasteiger partial charge in [0.15, 0.2) is 0 Å². The minimum absolute atomic E-state index is 0.145. The Hall–Kier alpha value is -0.520. The molecule has 1 aromatic rings. The first-order chi connectivity index (χ1) is 9.09. The number of carbonyl (C=O) groups excluding carboxylic acids is 1. The number of ether oxygens (including phenoxy) is 1. The van der Waals surface area contributed by atoms with E-state index in [0.717, 1.165) is 23.7 Å². The van der Waals surface area contributed by atoms with Gasteiger partial charge in [-0.05, 0) is 50.6 Å². The molecule has 0 bridgehead atoms. The zero-order valence-electron chi connectivity index (χ0n) is 11.1. The summed E-state index contributed by atoms with van der Waals surface area (Å²) in [6.07, 6.45) is 2.68. The highest BCUT2D eigenvalue weighted by molar-refractivity contribution is 9.10. The van der Waals surface area contributed by atoms with E-state index in [2.05, 4.69) is 33.4 Å². The van der Waals surface area contributed by atoms with Crippen LogP contribution in [0.1, 0.15) is 19.3 Å². The monoisotopic (exact) mass is 343 g/mol. The van der Waals surface area contributed by atoms with E-state index >= 15 is 0 Å². The Morgan fingerprint density at radius 3 is 2.74 bits per heavy atom. The summed E-state index contributed by atoms with van der Waals surface area (Å²) >= 11 is 5.27. The summed E-state index contributed by atoms with van der Waals surface area (Å²) in [6.45, 7) is 0. The van der Waals surface area contributed by atoms with Crippen LogP contribution >= 0.6 is 27.7 Å². The summed E-state index contributed by atoms with van der Waals surface area (Å²) in [7, 11) is 3.29. The van der Waals surface area contributed by atoms with Crippen molar-refractivity contribution in [3.05, 3.63) is 28.7 Å². The van der Waals surface area contributed by atoms with Crippen molar-refractivity contribution in [2.75, 3.05) is 14.2 Å². The van der Waals surface area contributed by atoms with E-state index in [4.69, 9.17) is 4.74 Å². The number of esters is 1. The average molecular weight is 344 g/mol. The van der Waals surface area contributed by atoms with Gasteiger partial charge in [0.25, 0.3) is 0 Å². The van der Waals surface area contributed by atoms with Crippen LogP contribution in [-0.4, -0.2) is 30.9 Å². The van der Waals surface area contributed by atoms with Gasteiger partial charge in [-0.25, -0.2) is 0 Å². The highest BCUT2D eigenvalue weighted by Crippen LogP contribution is 2.40. The molecule has 1 aliphatic rings. The van der Waals surface area contributed by atoms with Crippen LogP contribution in [0.4, 0.5) is 0 Å². The van der Waals surface area contributed by atoms with Crippen LogP contribution in [-0.2, 0) is 9.53 Å². The summed E-state index contributed by atoms with van der Waals surface area (Å²) in [5.74, 6) is -0.145. The van der Waals surface area contributed by atoms with Crippen LogP contribution in [0.25, 0.3) is 0 Å². The van der Waals surface area contributed by atoms with Crippen molar-refractivity contribution in [3.63, 3.8) is 0 Å². The number of benzene rings is 1. The molecule has 2 atom stereocenters. The van der Waals surface area contributed by atoms with E-state index in [-0.39, 0.29) is 5.97 Å². The first-order valence-electron chi connectivity index (χ1n) is 6.29. The number of methoxy groups -OCH3 is 1. The standard InChI is InChI=1S/C14H18BrNO2S/c1-16-14(13(17)18-2)8-7-12(9-14)19-11-5-3-10(15)4-6-11/h3-6,12,16H,7-9H2,1-2H3. The topological polar surface area (TPSA) is 38.3 Å². The third-order valence-electron chi connectivity index (χ3n) is 3.64. The number of halogens is 1. The van der Waals surface area contributed by atoms with Crippen LogP contribution in [0.3, 0.4) is 0 Å². The molecule has 0 aliphatic heterocycles. The Labute approximate surface area is 126 Å². The van der Waals surface area contributed by atoms with Gasteiger partial charge in [0, 0.05) is 14.6 Å². The van der Waals surface area contributed by atoms with Gasteiger partial charge in [0.1, 0.15) is 5.54 Å². The molecule has 1 aliphatic carbocycles. The van der Waals surface area contributed by atoms with Gasteiger partial charge in [-0.15, -0.1) is 11.8 Å². The molecule has 1 aromatic carbocycles. The first kappa shape index (κ1) is 14.9. The van der Waals surface area contributed by atoms with Gasteiger partial charge in [0.2, 0.25) is 0 Å². The predicted molar refractivity (Wildman–Crippen MR) is 81.4 cm³/mol. The molecule has 1 saturated carbocycles. The number of hydrogen-bond donors (Lipinski definition) is 1. The zero-order chi connectivity index (χ0) is 13.9. The normalized spacial score (nSPS) is 26.4. The number of rotatable bonds is 4. The second-order valence-corrected chi connectivity index (χ2v) is 7.05. The number of thioether (sulfide) groups is 1. The zero-order valence-corrected chi connectivity index (χ0v) is 13.5. The van der Waals surface area contributed by atoms with Gasteiger partial charge >= 0.3 is 5.97 Å². The van der Waals surface area contributed by atoms with Crippen LogP contribution in [0.5, 0.6) is 0 Å². The van der Waals surface area contributed by atoms with E-state index in [9.17, 15) is 4.79 Å². The lowest BCUT2D eigenvalue weighted by molar-refractivity contribution is -0.148. The minimum atomic E-state index is -0.498. The quantitative estimate of drug-likeness (QED) is 0.852. The molecular formula is C14H18BrNO2S. The molecule has 2 unspecified atom stereocenters. The van der Waals surface area contributed by atoms with E-state index in [0.29, 0.717) is 5.25 Å². The summed E-state index contributed by atoms with van der Waals surface area (Å²) in [6, 6.07) is 8.30. The number of nitrogens with one attached hydrogen (secondary N) is 1. The van der Waals surface area contributed by atoms with Crippen molar-refractivity contribution >= 4 is 33.7 Å². The molecule has 104 valence electrons. The Kier molecular flexibility index (Phi) is 4.92. The summed E-state index contributed by atoms with van der Waals surface area (Å²) in [5, 5.41) is 3.61. The molecule has 5 heteroatoms. The molecular weight excluding hydrogens is 326 g/mol. The maximum Gasteiger partial charge on any atom is 0.326 e. The Bertz CT molecular complexity index is 451. The molecule has 0 radical (unpaired) electrons. The smallest absolute Gasteiger partial charge is 0.326 e. The van der Waals surface area contributed by atoms with Crippen molar-refractivity contribution in [1.82, 2.24) is 5.32 Å². The molecule has 19 heavy (non-hydrogen) atoms. The Morgan fingerprint density at radius 1 is 1.47 bits per heavy atom. The molecule has 1 N–H and O–H groups in total. The van der Waals surface area contributed by atoms with Crippen molar-refractivity contribution in [2.45, 2.75) is 34.9 Å². The lowest BCUT2D eigenvalue weighted by Crippen LogP contribution is -2.49. The van der Waals surface area contributed by atoms with Crippen LogP contribution < -0.4 is 5.32 Å². The van der Waals surface area contributed by atoms with E-state index in [1.165, 1.54) is 12.0 Å². The van der Waals surface area contributed by atoms with E-state index < -0.39 is 5.54 Å². The Morgan fingerprint density at radius 2 is 2.16 bits per heavy atom. The first-order valence-corrected chi connectivity index (χ1v) is 7.96. The highest BCUT2D eigenvalue weighted by atomic mass is 79.9. The summed E-state index contributed by atoms with van der Waals surface area (Å²) in [4.78, 5) is 13.2. The fourth-order valence-electron chi connectivity index (χ4n) is 2.52. The lowest BCUT2D eigenvalue weighted by atomic mass is 9.98. The SMILES string of the molecule is CNC1(C(=O)OC)CCC(Sc2ccc(Br)cc2)C1. The molecule has 3 nitrogen and oxygen atoms in total. The summed E-state index contributed by atoms with van der Waals surface area (Å²) < 4.78 is 6.01. The van der Waals surface area contributed by atoms with Crippen LogP contribution in [0, 0.1) is 0 Å². The molecule has 0 aromatic heterocycles. The van der Waals surface area contributed by atoms with Crippen LogP contribution in [0.2, 0.25) is 0 Å². The van der Waals surface area contributed by atoms with E-state index in [1.807, 2.05) is 30.9 Å². The summed E-state index contributed by atoms with van der Waals surface area (Å²) in [5.41, 5.74) is -0.498. The van der Waals surface area contributed by atoms with Gasteiger partial charge in [-0.1, -0.05) is 15.9 Å². The van der Waals surface area contributed by atoms with Gasteiger partial charge in [0.05, 0.1) is 7.11 Å². The molecule has 0 spiro atoms. The molecule has 0 saturated heterocycles. The van der Waals surface area contributed by atoms with Crippen molar-refractivity contribution in [2.24, 2.45) is 0 Å². The predicted octanol–water partition coefficient (Wildman–Crippen LogP) is 3.22. The fourth-order valence-corrected chi connectivity index (χ4v) is 4.06. The largest absolute Gasteiger partial charge is 0.468 e. The Balaban J connectivity index is 2.01. The third kappa shape index (κ3) is 3.33. The number of hydrogen-bond acceptors (Lipinski definition) is 4.